The fourth-order valence-corrected chi connectivity index (χ4v) is 2.77. The van der Waals surface area contributed by atoms with Crippen LogP contribution in [0.15, 0.2) is 24.3 Å². The molecule has 18 heavy (non-hydrogen) atoms. The summed E-state index contributed by atoms with van der Waals surface area (Å²) in [5.41, 5.74) is 7.31. The molecule has 2 N–H and O–H groups in total. The molecule has 0 aliphatic rings. The number of nitrogens with two attached hydrogens (primary N) is 1. The van der Waals surface area contributed by atoms with E-state index in [1.165, 1.54) is 0 Å². The Morgan fingerprint density at radius 3 is 2.78 bits per heavy atom. The minimum absolute atomic E-state index is 0.0626. The molecule has 0 aliphatic carbocycles. The molecule has 0 aliphatic heterocycles. The van der Waals surface area contributed by atoms with Crippen LogP contribution >= 0.6 is 23.4 Å². The van der Waals surface area contributed by atoms with E-state index in [-0.39, 0.29) is 6.04 Å². The van der Waals surface area contributed by atoms with E-state index < -0.39 is 0 Å². The topological polar surface area (TPSA) is 29.3 Å². The monoisotopic (exact) mass is 286 g/mol. The third kappa shape index (κ3) is 5.19. The van der Waals surface area contributed by atoms with Crippen LogP contribution in [-0.4, -0.2) is 36.5 Å². The van der Waals surface area contributed by atoms with Crippen LogP contribution in [-0.2, 0) is 0 Å². The summed E-state index contributed by atoms with van der Waals surface area (Å²) in [6.07, 6.45) is 3.09. The lowest BCUT2D eigenvalue weighted by molar-refractivity contribution is 0.267. The van der Waals surface area contributed by atoms with Crippen LogP contribution in [0.4, 0.5) is 0 Å². The molecule has 0 radical (unpaired) electrons. The first-order valence-electron chi connectivity index (χ1n) is 6.24. The lowest BCUT2D eigenvalue weighted by Crippen LogP contribution is -2.33. The first-order valence-corrected chi connectivity index (χ1v) is 8.02. The molecule has 0 aromatic heterocycles. The zero-order valence-corrected chi connectivity index (χ0v) is 13.0. The summed E-state index contributed by atoms with van der Waals surface area (Å²) in [6, 6.07) is 8.49. The molecule has 1 aromatic carbocycles. The van der Waals surface area contributed by atoms with Gasteiger partial charge in [-0.3, -0.25) is 0 Å². The Labute approximate surface area is 120 Å². The highest BCUT2D eigenvalue weighted by atomic mass is 35.5. The van der Waals surface area contributed by atoms with E-state index in [2.05, 4.69) is 25.1 Å². The van der Waals surface area contributed by atoms with Crippen molar-refractivity contribution < 1.29 is 0 Å². The zero-order valence-electron chi connectivity index (χ0n) is 11.4. The van der Waals surface area contributed by atoms with Crippen LogP contribution in [0, 0.1) is 0 Å². The van der Waals surface area contributed by atoms with Crippen molar-refractivity contribution in [2.75, 3.05) is 25.6 Å². The number of rotatable bonds is 7. The van der Waals surface area contributed by atoms with Gasteiger partial charge in [-0.25, -0.2) is 0 Å². The predicted molar refractivity (Wildman–Crippen MR) is 83.5 cm³/mol. The maximum atomic E-state index is 6.20. The molecule has 2 nitrogen and oxygen atoms in total. The van der Waals surface area contributed by atoms with Gasteiger partial charge in [0.05, 0.1) is 0 Å². The van der Waals surface area contributed by atoms with Gasteiger partial charge in [0.25, 0.3) is 0 Å². The zero-order chi connectivity index (χ0) is 13.5. The van der Waals surface area contributed by atoms with E-state index in [0.29, 0.717) is 6.04 Å². The summed E-state index contributed by atoms with van der Waals surface area (Å²) >= 11 is 7.85. The van der Waals surface area contributed by atoms with Gasteiger partial charge in [0.1, 0.15) is 0 Å². The number of nitrogens with zero attached hydrogens (tertiary/aromatic N) is 1. The van der Waals surface area contributed by atoms with E-state index in [9.17, 15) is 0 Å². The minimum atomic E-state index is 0.0626. The van der Waals surface area contributed by atoms with Gasteiger partial charge in [0.2, 0.25) is 0 Å². The number of hydrogen-bond acceptors (Lipinski definition) is 3. The van der Waals surface area contributed by atoms with Gasteiger partial charge in [-0.05, 0) is 50.9 Å². The van der Waals surface area contributed by atoms with Gasteiger partial charge >= 0.3 is 0 Å². The molecule has 0 saturated heterocycles. The van der Waals surface area contributed by atoms with Gasteiger partial charge in [0.15, 0.2) is 0 Å². The molecule has 0 fully saturated rings. The summed E-state index contributed by atoms with van der Waals surface area (Å²) in [5.74, 6) is 1.16. The molecule has 2 atom stereocenters. The average Bonchev–Trinajstić information content (AvgIpc) is 2.35. The maximum Gasteiger partial charge on any atom is 0.0409 e. The first-order chi connectivity index (χ1) is 8.54. The number of hydrogen-bond donors (Lipinski definition) is 1. The van der Waals surface area contributed by atoms with Gasteiger partial charge in [0, 0.05) is 22.9 Å². The van der Waals surface area contributed by atoms with Crippen molar-refractivity contribution in [2.24, 2.45) is 5.73 Å². The minimum Gasteiger partial charge on any atom is -0.324 e. The molecule has 1 rings (SSSR count). The van der Waals surface area contributed by atoms with Crippen LogP contribution in [0.3, 0.4) is 0 Å². The van der Waals surface area contributed by atoms with Gasteiger partial charge in [-0.15, -0.1) is 0 Å². The maximum absolute atomic E-state index is 6.20. The second-order valence-corrected chi connectivity index (χ2v) is 6.08. The Morgan fingerprint density at radius 1 is 1.44 bits per heavy atom. The van der Waals surface area contributed by atoms with Crippen molar-refractivity contribution in [3.8, 4) is 0 Å². The van der Waals surface area contributed by atoms with Crippen molar-refractivity contribution in [3.05, 3.63) is 34.9 Å². The summed E-state index contributed by atoms with van der Waals surface area (Å²) in [4.78, 5) is 2.36. The number of benzene rings is 1. The molecule has 0 spiro atoms. The normalized spacial score (nSPS) is 14.8. The van der Waals surface area contributed by atoms with Gasteiger partial charge in [-0.2, -0.15) is 11.8 Å². The van der Waals surface area contributed by atoms with Crippen molar-refractivity contribution in [1.29, 1.82) is 0 Å². The molecule has 0 amide bonds. The Bertz CT molecular complexity index is 359. The fourth-order valence-electron chi connectivity index (χ4n) is 1.84. The summed E-state index contributed by atoms with van der Waals surface area (Å²) in [7, 11) is 2.16. The highest BCUT2D eigenvalue weighted by Crippen LogP contribution is 2.19. The van der Waals surface area contributed by atoms with Gasteiger partial charge < -0.3 is 10.6 Å². The molecule has 0 saturated carbocycles. The second kappa shape index (κ2) is 8.05. The van der Waals surface area contributed by atoms with E-state index >= 15 is 0 Å². The molecule has 0 bridgehead atoms. The Balaban J connectivity index is 2.43. The van der Waals surface area contributed by atoms with Crippen molar-refractivity contribution in [2.45, 2.75) is 25.4 Å². The van der Waals surface area contributed by atoms with E-state index in [1.807, 2.05) is 36.0 Å². The highest BCUT2D eigenvalue weighted by Gasteiger charge is 2.11. The SMILES string of the molecule is CSCC(C)N(C)CCC(N)c1cccc(Cl)c1. The largest absolute Gasteiger partial charge is 0.324 e. The first kappa shape index (κ1) is 15.8. The van der Waals surface area contributed by atoms with Crippen LogP contribution in [0.1, 0.15) is 24.9 Å². The van der Waals surface area contributed by atoms with Crippen molar-refractivity contribution in [1.82, 2.24) is 4.90 Å². The van der Waals surface area contributed by atoms with Gasteiger partial charge in [-0.1, -0.05) is 23.7 Å². The third-order valence-corrected chi connectivity index (χ3v) is 4.28. The van der Waals surface area contributed by atoms with Crippen LogP contribution in [0.25, 0.3) is 0 Å². The Morgan fingerprint density at radius 2 is 2.17 bits per heavy atom. The van der Waals surface area contributed by atoms with E-state index in [4.69, 9.17) is 17.3 Å². The molecular formula is C14H23ClN2S. The lowest BCUT2D eigenvalue weighted by Gasteiger charge is -2.25. The molecule has 1 aromatic rings. The van der Waals surface area contributed by atoms with Crippen molar-refractivity contribution >= 4 is 23.4 Å². The molecule has 0 heterocycles. The molecule has 102 valence electrons. The van der Waals surface area contributed by atoms with Crippen LogP contribution in [0.5, 0.6) is 0 Å². The molecular weight excluding hydrogens is 264 g/mol. The Hall–Kier alpha value is -0.220. The summed E-state index contributed by atoms with van der Waals surface area (Å²) < 4.78 is 0. The van der Waals surface area contributed by atoms with Crippen LogP contribution in [0.2, 0.25) is 5.02 Å². The summed E-state index contributed by atoms with van der Waals surface area (Å²) in [5, 5.41) is 0.757. The lowest BCUT2D eigenvalue weighted by atomic mass is 10.0. The number of halogens is 1. The second-order valence-electron chi connectivity index (χ2n) is 4.74. The van der Waals surface area contributed by atoms with Crippen molar-refractivity contribution in [3.63, 3.8) is 0 Å². The average molecular weight is 287 g/mol. The molecule has 4 heteroatoms. The third-order valence-electron chi connectivity index (χ3n) is 3.23. The van der Waals surface area contributed by atoms with Crippen LogP contribution < -0.4 is 5.73 Å². The van der Waals surface area contributed by atoms with E-state index in [0.717, 1.165) is 29.3 Å². The quantitative estimate of drug-likeness (QED) is 0.833. The standard InChI is InChI=1S/C14H23ClN2S/c1-11(10-18-3)17(2)8-7-14(16)12-5-4-6-13(15)9-12/h4-6,9,11,14H,7-8,10,16H2,1-3H3. The molecule has 2 unspecified atom stereocenters. The smallest absolute Gasteiger partial charge is 0.0409 e. The Kier molecular flexibility index (Phi) is 7.08. The highest BCUT2D eigenvalue weighted by molar-refractivity contribution is 7.98. The van der Waals surface area contributed by atoms with E-state index in [1.54, 1.807) is 0 Å². The predicted octanol–water partition coefficient (Wildman–Crippen LogP) is 3.41. The fraction of sp³-hybridized carbons (Fsp3) is 0.571. The number of thioether (sulfide) groups is 1. The summed E-state index contributed by atoms with van der Waals surface area (Å²) in [6.45, 7) is 3.26.